The average Bonchev–Trinajstić information content (AvgIpc) is 2.93. The van der Waals surface area contributed by atoms with Crippen LogP contribution in [-0.2, 0) is 16.1 Å². The van der Waals surface area contributed by atoms with E-state index in [4.69, 9.17) is 27.9 Å². The Labute approximate surface area is 168 Å². The Kier molecular flexibility index (Phi) is 5.74. The Bertz CT molecular complexity index is 944. The van der Waals surface area contributed by atoms with E-state index in [9.17, 15) is 23.5 Å². The summed E-state index contributed by atoms with van der Waals surface area (Å²) in [4.78, 5) is 25.6. The summed E-state index contributed by atoms with van der Waals surface area (Å²) in [5.41, 5.74) is 0.356. The van der Waals surface area contributed by atoms with Gasteiger partial charge in [-0.25, -0.2) is 13.6 Å². The van der Waals surface area contributed by atoms with Crippen molar-refractivity contribution >= 4 is 40.9 Å². The molecule has 0 radical (unpaired) electrons. The van der Waals surface area contributed by atoms with E-state index in [0.717, 1.165) is 11.0 Å². The van der Waals surface area contributed by atoms with Gasteiger partial charge in [-0.2, -0.15) is 0 Å². The van der Waals surface area contributed by atoms with Gasteiger partial charge >= 0.3 is 6.09 Å². The number of carbonyl (C=O) groups excluding carboxylic acids is 2. The van der Waals surface area contributed by atoms with Gasteiger partial charge in [0.15, 0.2) is 0 Å². The van der Waals surface area contributed by atoms with Crippen molar-refractivity contribution in [3.8, 4) is 0 Å². The second-order valence-corrected chi connectivity index (χ2v) is 6.86. The van der Waals surface area contributed by atoms with Crippen LogP contribution in [0.2, 0.25) is 10.0 Å². The summed E-state index contributed by atoms with van der Waals surface area (Å²) in [7, 11) is 0. The van der Waals surface area contributed by atoms with Crippen molar-refractivity contribution in [2.75, 3.05) is 11.4 Å². The molecule has 2 aromatic rings. The second-order valence-electron chi connectivity index (χ2n) is 6.05. The lowest BCUT2D eigenvalue weighted by Gasteiger charge is -2.22. The Morgan fingerprint density at radius 3 is 2.71 bits per heavy atom. The minimum absolute atomic E-state index is 0.0213. The molecule has 0 bridgehead atoms. The quantitative estimate of drug-likeness (QED) is 0.725. The van der Waals surface area contributed by atoms with Crippen LogP contribution in [0.3, 0.4) is 0 Å². The molecular formula is C18H14Cl2F2N2O4. The first-order chi connectivity index (χ1) is 13.2. The minimum Gasteiger partial charge on any atom is -0.407 e. The van der Waals surface area contributed by atoms with E-state index >= 15 is 0 Å². The SMILES string of the molecule is O=C(NCc1cccc(Cl)c1F)O[C@@]1(O)CCN(c2ccc(F)c(Cl)c2)C1=O. The maximum absolute atomic E-state index is 13.8. The highest BCUT2D eigenvalue weighted by Gasteiger charge is 2.49. The Morgan fingerprint density at radius 1 is 1.25 bits per heavy atom. The number of hydrogen-bond donors (Lipinski definition) is 2. The zero-order chi connectivity index (χ0) is 20.5. The molecule has 0 saturated carbocycles. The third-order valence-corrected chi connectivity index (χ3v) is 4.77. The fourth-order valence-electron chi connectivity index (χ4n) is 2.72. The maximum atomic E-state index is 13.8. The Hall–Kier alpha value is -2.42. The molecule has 0 aromatic heterocycles. The van der Waals surface area contributed by atoms with Crippen LogP contribution >= 0.6 is 23.2 Å². The normalized spacial score (nSPS) is 19.0. The van der Waals surface area contributed by atoms with Crippen molar-refractivity contribution < 1.29 is 28.2 Å². The van der Waals surface area contributed by atoms with E-state index in [1.54, 1.807) is 0 Å². The summed E-state index contributed by atoms with van der Waals surface area (Å²) in [5, 5.41) is 12.4. The molecule has 1 atom stereocenters. The smallest absolute Gasteiger partial charge is 0.407 e. The molecule has 2 N–H and O–H groups in total. The fourth-order valence-corrected chi connectivity index (χ4v) is 3.09. The molecular weight excluding hydrogens is 417 g/mol. The van der Waals surface area contributed by atoms with Gasteiger partial charge in [0, 0.05) is 30.8 Å². The number of nitrogens with zero attached hydrogens (tertiary/aromatic N) is 1. The van der Waals surface area contributed by atoms with Gasteiger partial charge in [-0.15, -0.1) is 0 Å². The number of nitrogens with one attached hydrogen (secondary N) is 1. The molecule has 0 unspecified atom stereocenters. The molecule has 1 heterocycles. The third-order valence-electron chi connectivity index (χ3n) is 4.18. The van der Waals surface area contributed by atoms with Crippen molar-refractivity contribution in [2.45, 2.75) is 18.8 Å². The molecule has 2 aromatic carbocycles. The van der Waals surface area contributed by atoms with Gasteiger partial charge in [0.1, 0.15) is 11.6 Å². The zero-order valence-electron chi connectivity index (χ0n) is 14.2. The lowest BCUT2D eigenvalue weighted by molar-refractivity contribution is -0.175. The van der Waals surface area contributed by atoms with E-state index in [1.807, 2.05) is 0 Å². The summed E-state index contributed by atoms with van der Waals surface area (Å²) in [6.45, 7) is -0.236. The molecule has 10 heteroatoms. The van der Waals surface area contributed by atoms with Crippen LogP contribution < -0.4 is 10.2 Å². The van der Waals surface area contributed by atoms with Gasteiger partial charge in [0.05, 0.1) is 10.0 Å². The average molecular weight is 431 g/mol. The maximum Gasteiger partial charge on any atom is 0.410 e. The number of benzene rings is 2. The van der Waals surface area contributed by atoms with Gasteiger partial charge in [0.2, 0.25) is 0 Å². The van der Waals surface area contributed by atoms with E-state index in [1.165, 1.54) is 30.3 Å². The number of hydrogen-bond acceptors (Lipinski definition) is 4. The van der Waals surface area contributed by atoms with E-state index < -0.39 is 29.4 Å². The topological polar surface area (TPSA) is 78.9 Å². The van der Waals surface area contributed by atoms with Gasteiger partial charge in [-0.05, 0) is 24.3 Å². The monoisotopic (exact) mass is 430 g/mol. The number of rotatable bonds is 4. The Balaban J connectivity index is 1.65. The molecule has 3 rings (SSSR count). The number of carbonyl (C=O) groups is 2. The van der Waals surface area contributed by atoms with Crippen LogP contribution in [0.5, 0.6) is 0 Å². The van der Waals surface area contributed by atoms with E-state index in [2.05, 4.69) is 5.32 Å². The molecule has 28 heavy (non-hydrogen) atoms. The largest absolute Gasteiger partial charge is 0.410 e. The molecule has 0 aliphatic carbocycles. The number of ether oxygens (including phenoxy) is 1. The first kappa shape index (κ1) is 20.3. The van der Waals surface area contributed by atoms with Crippen LogP contribution in [0, 0.1) is 11.6 Å². The second kappa shape index (κ2) is 7.90. The summed E-state index contributed by atoms with van der Waals surface area (Å²) in [6, 6.07) is 7.89. The van der Waals surface area contributed by atoms with Gasteiger partial charge in [-0.1, -0.05) is 35.3 Å². The van der Waals surface area contributed by atoms with Crippen molar-refractivity contribution in [3.63, 3.8) is 0 Å². The highest BCUT2D eigenvalue weighted by atomic mass is 35.5. The summed E-state index contributed by atoms with van der Waals surface area (Å²) in [5.74, 6) is -4.66. The number of halogens is 4. The highest BCUT2D eigenvalue weighted by Crippen LogP contribution is 2.31. The summed E-state index contributed by atoms with van der Waals surface area (Å²) >= 11 is 11.4. The molecule has 2 amide bonds. The van der Waals surface area contributed by atoms with E-state index in [0.29, 0.717) is 0 Å². The van der Waals surface area contributed by atoms with Crippen LogP contribution in [0.1, 0.15) is 12.0 Å². The van der Waals surface area contributed by atoms with Gasteiger partial charge in [-0.3, -0.25) is 4.79 Å². The third kappa shape index (κ3) is 4.04. The van der Waals surface area contributed by atoms with Crippen LogP contribution in [0.25, 0.3) is 0 Å². The lowest BCUT2D eigenvalue weighted by atomic mass is 10.2. The van der Waals surface area contributed by atoms with Crippen molar-refractivity contribution in [2.24, 2.45) is 0 Å². The minimum atomic E-state index is -2.40. The van der Waals surface area contributed by atoms with Crippen LogP contribution in [-0.4, -0.2) is 29.4 Å². The Morgan fingerprint density at radius 2 is 2.00 bits per heavy atom. The molecule has 1 saturated heterocycles. The number of anilines is 1. The number of alkyl carbamates (subject to hydrolysis) is 1. The summed E-state index contributed by atoms with van der Waals surface area (Å²) in [6.07, 6.45) is -1.33. The molecule has 1 aliphatic rings. The first-order valence-electron chi connectivity index (χ1n) is 8.10. The van der Waals surface area contributed by atoms with Gasteiger partial charge < -0.3 is 20.1 Å². The van der Waals surface area contributed by atoms with Crippen molar-refractivity contribution in [3.05, 3.63) is 63.6 Å². The molecule has 1 aliphatic heterocycles. The molecule has 6 nitrogen and oxygen atoms in total. The highest BCUT2D eigenvalue weighted by molar-refractivity contribution is 6.31. The predicted octanol–water partition coefficient (Wildman–Crippen LogP) is 3.62. The van der Waals surface area contributed by atoms with Gasteiger partial charge in [0.25, 0.3) is 11.7 Å². The lowest BCUT2D eigenvalue weighted by Crippen LogP contribution is -2.46. The zero-order valence-corrected chi connectivity index (χ0v) is 15.7. The van der Waals surface area contributed by atoms with Crippen molar-refractivity contribution in [1.82, 2.24) is 5.32 Å². The first-order valence-corrected chi connectivity index (χ1v) is 8.86. The fraction of sp³-hybridized carbons (Fsp3) is 0.222. The van der Waals surface area contributed by atoms with Crippen LogP contribution in [0.15, 0.2) is 36.4 Å². The number of amides is 2. The molecule has 0 spiro atoms. The van der Waals surface area contributed by atoms with E-state index in [-0.39, 0.29) is 40.8 Å². The standard InChI is InChI=1S/C18H14Cl2F2N2O4/c19-12-3-1-2-10(15(12)22)9-23-17(26)28-18(27)6-7-24(16(18)25)11-4-5-14(21)13(20)8-11/h1-5,8,27H,6-7,9H2,(H,23,26)/t18-/m0/s1. The number of aliphatic hydroxyl groups is 1. The van der Waals surface area contributed by atoms with Crippen molar-refractivity contribution in [1.29, 1.82) is 0 Å². The summed E-state index contributed by atoms with van der Waals surface area (Å²) < 4.78 is 32.0. The molecule has 1 fully saturated rings. The molecule has 148 valence electrons. The van der Waals surface area contributed by atoms with Crippen LogP contribution in [0.4, 0.5) is 19.3 Å². The predicted molar refractivity (Wildman–Crippen MR) is 98.1 cm³/mol.